The van der Waals surface area contributed by atoms with Crippen molar-refractivity contribution >= 4 is 11.3 Å². The van der Waals surface area contributed by atoms with Gasteiger partial charge in [0, 0.05) is 4.88 Å². The van der Waals surface area contributed by atoms with Crippen LogP contribution in [0.3, 0.4) is 0 Å². The summed E-state index contributed by atoms with van der Waals surface area (Å²) in [4.78, 5) is 6.73. The van der Waals surface area contributed by atoms with Crippen molar-refractivity contribution in [1.29, 1.82) is 0 Å². The minimum absolute atomic E-state index is 0.114. The number of nitrogens with zero attached hydrogens (tertiary/aromatic N) is 1. The zero-order valence-electron chi connectivity index (χ0n) is 13.9. The summed E-state index contributed by atoms with van der Waals surface area (Å²) in [5.41, 5.74) is 1.84. The number of thiazole rings is 1. The van der Waals surface area contributed by atoms with E-state index in [9.17, 15) is 0 Å². The number of hydrogen-bond acceptors (Lipinski definition) is 3. The molecule has 0 amide bonds. The molecular weight excluding hydrogens is 276 g/mol. The van der Waals surface area contributed by atoms with Crippen LogP contribution < -0.4 is 5.32 Å². The van der Waals surface area contributed by atoms with Gasteiger partial charge < -0.3 is 5.32 Å². The molecule has 1 aromatic rings. The van der Waals surface area contributed by atoms with E-state index in [2.05, 4.69) is 26.1 Å². The van der Waals surface area contributed by atoms with Crippen LogP contribution in [0, 0.1) is 5.41 Å². The molecule has 1 aromatic heterocycles. The maximum atomic E-state index is 5.15. The van der Waals surface area contributed by atoms with E-state index in [1.165, 1.54) is 68.5 Å². The predicted octanol–water partition coefficient (Wildman–Crippen LogP) is 4.82. The predicted molar refractivity (Wildman–Crippen MR) is 91.0 cm³/mol. The zero-order valence-corrected chi connectivity index (χ0v) is 14.7. The number of fused-ring (bicyclic) bond motifs is 1. The molecule has 2 nitrogen and oxygen atoms in total. The molecule has 3 rings (SSSR count). The maximum Gasteiger partial charge on any atom is 0.114 e. The van der Waals surface area contributed by atoms with E-state index in [-0.39, 0.29) is 5.54 Å². The molecule has 0 radical (unpaired) electrons. The largest absolute Gasteiger partial charge is 0.305 e. The van der Waals surface area contributed by atoms with Crippen molar-refractivity contribution in [3.63, 3.8) is 0 Å². The average Bonchev–Trinajstić information content (AvgIpc) is 2.90. The Morgan fingerprint density at radius 1 is 1.10 bits per heavy atom. The van der Waals surface area contributed by atoms with Gasteiger partial charge in [0.1, 0.15) is 5.01 Å². The fraction of sp³-hybridized carbons (Fsp3) is 0.833. The van der Waals surface area contributed by atoms with Gasteiger partial charge in [-0.3, -0.25) is 0 Å². The standard InChI is InChI=1S/C18H30N2S/c1-4-13-19-18(12-8-7-11-17(18,2)3)16-20-14-9-5-6-10-15(14)21-16/h19H,4-13H2,1-3H3. The average molecular weight is 307 g/mol. The van der Waals surface area contributed by atoms with Crippen LogP contribution in [0.5, 0.6) is 0 Å². The summed E-state index contributed by atoms with van der Waals surface area (Å²) in [5.74, 6) is 0. The van der Waals surface area contributed by atoms with Crippen LogP contribution in [0.2, 0.25) is 0 Å². The molecule has 1 heterocycles. The molecule has 0 aromatic carbocycles. The molecule has 0 spiro atoms. The van der Waals surface area contributed by atoms with E-state index >= 15 is 0 Å². The van der Waals surface area contributed by atoms with Crippen molar-refractivity contribution in [3.8, 4) is 0 Å². The number of aromatic nitrogens is 1. The first-order valence-electron chi connectivity index (χ1n) is 8.83. The first-order valence-corrected chi connectivity index (χ1v) is 9.65. The van der Waals surface area contributed by atoms with Gasteiger partial charge in [0.2, 0.25) is 0 Å². The zero-order chi connectivity index (χ0) is 14.9. The van der Waals surface area contributed by atoms with Crippen LogP contribution in [0.1, 0.15) is 81.3 Å². The Bertz CT molecular complexity index is 468. The summed E-state index contributed by atoms with van der Waals surface area (Å²) in [6.07, 6.45) is 11.6. The molecule has 3 heteroatoms. The number of hydrogen-bond donors (Lipinski definition) is 1. The normalized spacial score (nSPS) is 28.3. The van der Waals surface area contributed by atoms with Gasteiger partial charge in [0.15, 0.2) is 0 Å². The maximum absolute atomic E-state index is 5.15. The lowest BCUT2D eigenvalue weighted by molar-refractivity contribution is 0.0592. The number of nitrogens with one attached hydrogen (secondary N) is 1. The highest BCUT2D eigenvalue weighted by molar-refractivity contribution is 7.11. The molecule has 1 saturated carbocycles. The minimum atomic E-state index is 0.114. The molecule has 0 saturated heterocycles. The first-order chi connectivity index (χ1) is 10.1. The molecule has 1 atom stereocenters. The van der Waals surface area contributed by atoms with Gasteiger partial charge in [0.25, 0.3) is 0 Å². The summed E-state index contributed by atoms with van der Waals surface area (Å²) < 4.78 is 0. The lowest BCUT2D eigenvalue weighted by Gasteiger charge is -2.50. The summed E-state index contributed by atoms with van der Waals surface area (Å²) in [6.45, 7) is 8.28. The van der Waals surface area contributed by atoms with Gasteiger partial charge in [-0.15, -0.1) is 11.3 Å². The highest BCUT2D eigenvalue weighted by Gasteiger charge is 2.49. The molecule has 2 aliphatic rings. The smallest absolute Gasteiger partial charge is 0.114 e. The molecule has 0 aliphatic heterocycles. The van der Waals surface area contributed by atoms with Gasteiger partial charge in [-0.25, -0.2) is 4.98 Å². The lowest BCUT2D eigenvalue weighted by Crippen LogP contribution is -2.55. The fourth-order valence-electron chi connectivity index (χ4n) is 4.18. The quantitative estimate of drug-likeness (QED) is 0.863. The number of rotatable bonds is 4. The monoisotopic (exact) mass is 306 g/mol. The van der Waals surface area contributed by atoms with Crippen LogP contribution >= 0.6 is 11.3 Å². The van der Waals surface area contributed by atoms with E-state index < -0.39 is 0 Å². The third-order valence-corrected chi connectivity index (χ3v) is 6.97. The second-order valence-electron chi connectivity index (χ2n) is 7.52. The molecule has 1 unspecified atom stereocenters. The second kappa shape index (κ2) is 6.00. The number of aryl methyl sites for hydroxylation is 2. The topological polar surface area (TPSA) is 24.9 Å². The molecule has 118 valence electrons. The van der Waals surface area contributed by atoms with Crippen LogP contribution in [0.4, 0.5) is 0 Å². The Kier molecular flexibility index (Phi) is 4.42. The molecule has 1 fully saturated rings. The summed E-state index contributed by atoms with van der Waals surface area (Å²) in [6, 6.07) is 0. The molecule has 0 bridgehead atoms. The Balaban J connectivity index is 2.00. The SMILES string of the molecule is CCCNC1(c2nc3c(s2)CCCC3)CCCCC1(C)C. The van der Waals surface area contributed by atoms with Gasteiger partial charge in [-0.2, -0.15) is 0 Å². The third kappa shape index (κ3) is 2.68. The Labute approximate surface area is 133 Å². The van der Waals surface area contributed by atoms with Crippen LogP contribution in [-0.2, 0) is 18.4 Å². The van der Waals surface area contributed by atoms with Crippen molar-refractivity contribution in [2.24, 2.45) is 5.41 Å². The summed E-state index contributed by atoms with van der Waals surface area (Å²) in [5, 5.41) is 5.34. The van der Waals surface area contributed by atoms with Crippen molar-refractivity contribution < 1.29 is 0 Å². The Hall–Kier alpha value is -0.410. The van der Waals surface area contributed by atoms with Gasteiger partial charge in [-0.1, -0.05) is 33.6 Å². The van der Waals surface area contributed by atoms with Crippen molar-refractivity contribution in [2.45, 2.75) is 84.1 Å². The van der Waals surface area contributed by atoms with E-state index in [4.69, 9.17) is 4.98 Å². The Morgan fingerprint density at radius 2 is 1.86 bits per heavy atom. The van der Waals surface area contributed by atoms with Crippen LogP contribution in [0.25, 0.3) is 0 Å². The first kappa shape index (κ1) is 15.5. The lowest BCUT2D eigenvalue weighted by atomic mass is 9.63. The minimum Gasteiger partial charge on any atom is -0.305 e. The Morgan fingerprint density at radius 3 is 2.57 bits per heavy atom. The fourth-order valence-corrected chi connectivity index (χ4v) is 5.71. The van der Waals surface area contributed by atoms with Crippen molar-refractivity contribution in [1.82, 2.24) is 10.3 Å². The summed E-state index contributed by atoms with van der Waals surface area (Å²) >= 11 is 2.02. The van der Waals surface area contributed by atoms with Gasteiger partial charge >= 0.3 is 0 Å². The van der Waals surface area contributed by atoms with Crippen molar-refractivity contribution in [2.75, 3.05) is 6.54 Å². The molecule has 21 heavy (non-hydrogen) atoms. The molecule has 2 aliphatic carbocycles. The molecular formula is C18H30N2S. The van der Waals surface area contributed by atoms with Gasteiger partial charge in [0.05, 0.1) is 11.2 Å². The van der Waals surface area contributed by atoms with E-state index in [1.807, 2.05) is 11.3 Å². The highest BCUT2D eigenvalue weighted by Crippen LogP contribution is 2.51. The summed E-state index contributed by atoms with van der Waals surface area (Å²) in [7, 11) is 0. The van der Waals surface area contributed by atoms with E-state index in [0.717, 1.165) is 6.54 Å². The van der Waals surface area contributed by atoms with Gasteiger partial charge in [-0.05, 0) is 56.9 Å². The van der Waals surface area contributed by atoms with E-state index in [0.29, 0.717) is 5.41 Å². The van der Waals surface area contributed by atoms with Crippen molar-refractivity contribution in [3.05, 3.63) is 15.6 Å². The van der Waals surface area contributed by atoms with Crippen LogP contribution in [-0.4, -0.2) is 11.5 Å². The second-order valence-corrected chi connectivity index (χ2v) is 8.60. The van der Waals surface area contributed by atoms with E-state index in [1.54, 1.807) is 4.88 Å². The third-order valence-electron chi connectivity index (χ3n) is 5.65. The highest BCUT2D eigenvalue weighted by atomic mass is 32.1. The molecule has 1 N–H and O–H groups in total. The van der Waals surface area contributed by atoms with Crippen LogP contribution in [0.15, 0.2) is 0 Å².